The minimum atomic E-state index is -0.750. The molecule has 1 saturated heterocycles. The number of aliphatic carboxylic acids is 1. The summed E-state index contributed by atoms with van der Waals surface area (Å²) in [6, 6.07) is 8.06. The van der Waals surface area contributed by atoms with Crippen LogP contribution in [0.5, 0.6) is 0 Å². The normalized spacial score (nSPS) is 21.2. The number of anilines is 1. The van der Waals surface area contributed by atoms with Gasteiger partial charge in [0.2, 0.25) is 5.91 Å². The predicted molar refractivity (Wildman–Crippen MR) is 91.2 cm³/mol. The van der Waals surface area contributed by atoms with Crippen LogP contribution in [0.15, 0.2) is 24.3 Å². The maximum atomic E-state index is 12.6. The van der Waals surface area contributed by atoms with Crippen LogP contribution in [0, 0.1) is 5.92 Å². The number of likely N-dealkylation sites (tertiary alicyclic amines) is 1. The molecule has 23 heavy (non-hydrogen) atoms. The number of aryl methyl sites for hydroxylation is 1. The number of fused-ring (bicyclic) bond motifs is 1. The first kappa shape index (κ1) is 17.8. The number of benzene rings is 1. The Hall–Kier alpha value is -1.59. The summed E-state index contributed by atoms with van der Waals surface area (Å²) < 4.78 is 0. The molecule has 1 atom stereocenters. The highest BCUT2D eigenvalue weighted by Gasteiger charge is 2.29. The van der Waals surface area contributed by atoms with Crippen molar-refractivity contribution in [1.82, 2.24) is 4.90 Å². The molecule has 1 fully saturated rings. The molecule has 1 aromatic carbocycles. The first-order valence-electron chi connectivity index (χ1n) is 7.98. The van der Waals surface area contributed by atoms with Crippen molar-refractivity contribution in [2.75, 3.05) is 31.1 Å². The smallest absolute Gasteiger partial charge is 0.307 e. The highest BCUT2D eigenvalue weighted by molar-refractivity contribution is 5.96. The minimum Gasteiger partial charge on any atom is -0.481 e. The van der Waals surface area contributed by atoms with Crippen molar-refractivity contribution >= 4 is 30.0 Å². The first-order chi connectivity index (χ1) is 10.6. The maximum Gasteiger partial charge on any atom is 0.307 e. The van der Waals surface area contributed by atoms with Crippen LogP contribution in [0.25, 0.3) is 0 Å². The minimum absolute atomic E-state index is 0. The zero-order valence-corrected chi connectivity index (χ0v) is 13.9. The Kier molecular flexibility index (Phi) is 6.02. The molecule has 0 saturated carbocycles. The zero-order valence-electron chi connectivity index (χ0n) is 13.1. The van der Waals surface area contributed by atoms with Crippen LogP contribution in [0.2, 0.25) is 0 Å². The molecule has 0 aromatic heterocycles. The molecule has 0 spiro atoms. The second-order valence-electron chi connectivity index (χ2n) is 6.19. The van der Waals surface area contributed by atoms with Crippen molar-refractivity contribution < 1.29 is 14.7 Å². The third-order valence-electron chi connectivity index (χ3n) is 4.62. The summed E-state index contributed by atoms with van der Waals surface area (Å²) in [5.74, 6) is -1.01. The van der Waals surface area contributed by atoms with E-state index in [2.05, 4.69) is 6.07 Å². The number of amides is 1. The summed E-state index contributed by atoms with van der Waals surface area (Å²) in [6.07, 6.45) is 3.57. The monoisotopic (exact) mass is 338 g/mol. The Morgan fingerprint density at radius 3 is 2.74 bits per heavy atom. The van der Waals surface area contributed by atoms with Gasteiger partial charge in [-0.3, -0.25) is 14.5 Å². The SMILES string of the molecule is Cl.O=C(O)C1CCCN(CC(=O)N2CCCc3ccccc32)C1. The van der Waals surface area contributed by atoms with Gasteiger partial charge in [0, 0.05) is 18.8 Å². The van der Waals surface area contributed by atoms with Gasteiger partial charge < -0.3 is 10.0 Å². The summed E-state index contributed by atoms with van der Waals surface area (Å²) >= 11 is 0. The molecule has 5 nitrogen and oxygen atoms in total. The lowest BCUT2D eigenvalue weighted by atomic mass is 9.98. The Morgan fingerprint density at radius 2 is 1.96 bits per heavy atom. The molecular weight excluding hydrogens is 316 g/mol. The van der Waals surface area contributed by atoms with Crippen molar-refractivity contribution in [2.45, 2.75) is 25.7 Å². The maximum absolute atomic E-state index is 12.6. The zero-order chi connectivity index (χ0) is 15.5. The standard InChI is InChI=1S/C17H22N2O3.ClH/c20-16(12-18-9-3-7-14(11-18)17(21)22)19-10-4-6-13-5-1-2-8-15(13)19;/h1-2,5,8,14H,3-4,6-7,9-12H2,(H,21,22);1H. The van der Waals surface area contributed by atoms with Crippen LogP contribution in [0.1, 0.15) is 24.8 Å². The fraction of sp³-hybridized carbons (Fsp3) is 0.529. The fourth-order valence-electron chi connectivity index (χ4n) is 3.47. The fourth-order valence-corrected chi connectivity index (χ4v) is 3.47. The van der Waals surface area contributed by atoms with Crippen LogP contribution < -0.4 is 4.90 Å². The summed E-state index contributed by atoms with van der Waals surface area (Å²) in [7, 11) is 0. The van der Waals surface area contributed by atoms with Crippen LogP contribution in [0.3, 0.4) is 0 Å². The van der Waals surface area contributed by atoms with E-state index in [1.807, 2.05) is 28.0 Å². The number of carbonyl (C=O) groups is 2. The van der Waals surface area contributed by atoms with Gasteiger partial charge in [0.15, 0.2) is 0 Å². The summed E-state index contributed by atoms with van der Waals surface area (Å²) in [5.41, 5.74) is 2.25. The number of halogens is 1. The lowest BCUT2D eigenvalue weighted by Gasteiger charge is -2.34. The molecule has 1 aromatic rings. The summed E-state index contributed by atoms with van der Waals surface area (Å²) in [4.78, 5) is 27.6. The van der Waals surface area contributed by atoms with E-state index >= 15 is 0 Å². The first-order valence-corrected chi connectivity index (χ1v) is 7.98. The third kappa shape index (κ3) is 4.03. The summed E-state index contributed by atoms with van der Waals surface area (Å²) in [5, 5.41) is 9.15. The van der Waals surface area contributed by atoms with Gasteiger partial charge in [0.1, 0.15) is 0 Å². The van der Waals surface area contributed by atoms with E-state index in [4.69, 9.17) is 5.11 Å². The molecule has 0 aliphatic carbocycles. The Labute approximate surface area is 142 Å². The lowest BCUT2D eigenvalue weighted by molar-refractivity contribution is -0.144. The van der Waals surface area contributed by atoms with E-state index in [0.717, 1.165) is 38.0 Å². The van der Waals surface area contributed by atoms with Crippen molar-refractivity contribution in [2.24, 2.45) is 5.92 Å². The van der Waals surface area contributed by atoms with Gasteiger partial charge in [-0.05, 0) is 43.9 Å². The second-order valence-corrected chi connectivity index (χ2v) is 6.19. The van der Waals surface area contributed by atoms with Gasteiger partial charge in [-0.15, -0.1) is 12.4 Å². The number of carbonyl (C=O) groups excluding carboxylic acids is 1. The highest BCUT2D eigenvalue weighted by Crippen LogP contribution is 2.27. The molecule has 126 valence electrons. The Balaban J connectivity index is 0.00000192. The summed E-state index contributed by atoms with van der Waals surface area (Å²) in [6.45, 7) is 2.37. The van der Waals surface area contributed by atoms with Crippen molar-refractivity contribution in [3.05, 3.63) is 29.8 Å². The number of hydrogen-bond acceptors (Lipinski definition) is 3. The average Bonchev–Trinajstić information content (AvgIpc) is 2.54. The van der Waals surface area contributed by atoms with Crippen LogP contribution >= 0.6 is 12.4 Å². The molecule has 2 aliphatic rings. The molecule has 0 radical (unpaired) electrons. The van der Waals surface area contributed by atoms with E-state index in [1.165, 1.54) is 5.56 Å². The van der Waals surface area contributed by atoms with Gasteiger partial charge in [-0.1, -0.05) is 18.2 Å². The van der Waals surface area contributed by atoms with Crippen molar-refractivity contribution in [3.63, 3.8) is 0 Å². The van der Waals surface area contributed by atoms with Crippen molar-refractivity contribution in [3.8, 4) is 0 Å². The van der Waals surface area contributed by atoms with Crippen LogP contribution in [0.4, 0.5) is 5.69 Å². The number of carboxylic acids is 1. The number of para-hydroxylation sites is 1. The van der Waals surface area contributed by atoms with E-state index < -0.39 is 5.97 Å². The topological polar surface area (TPSA) is 60.9 Å². The second kappa shape index (κ2) is 7.79. The molecule has 0 bridgehead atoms. The molecule has 2 aliphatic heterocycles. The van der Waals surface area contributed by atoms with E-state index in [0.29, 0.717) is 19.5 Å². The van der Waals surface area contributed by atoms with E-state index in [9.17, 15) is 9.59 Å². The van der Waals surface area contributed by atoms with E-state index in [1.54, 1.807) is 0 Å². The van der Waals surface area contributed by atoms with Gasteiger partial charge in [0.25, 0.3) is 0 Å². The lowest BCUT2D eigenvalue weighted by Crippen LogP contribution is -2.46. The quantitative estimate of drug-likeness (QED) is 0.917. The number of carboxylic acid groups (broad SMARTS) is 1. The van der Waals surface area contributed by atoms with Gasteiger partial charge in [-0.25, -0.2) is 0 Å². The molecule has 6 heteroatoms. The molecule has 2 heterocycles. The van der Waals surface area contributed by atoms with E-state index in [-0.39, 0.29) is 24.2 Å². The molecule has 1 unspecified atom stereocenters. The van der Waals surface area contributed by atoms with Crippen LogP contribution in [-0.2, 0) is 16.0 Å². The predicted octanol–water partition coefficient (Wildman–Crippen LogP) is 2.18. The molecular formula is C17H23ClN2O3. The third-order valence-corrected chi connectivity index (χ3v) is 4.62. The largest absolute Gasteiger partial charge is 0.481 e. The average molecular weight is 339 g/mol. The number of rotatable bonds is 3. The van der Waals surface area contributed by atoms with Crippen LogP contribution in [-0.4, -0.2) is 48.1 Å². The number of nitrogens with zero attached hydrogens (tertiary/aromatic N) is 2. The highest BCUT2D eigenvalue weighted by atomic mass is 35.5. The Bertz CT molecular complexity index is 579. The molecule has 3 rings (SSSR count). The number of piperidine rings is 1. The number of hydrogen-bond donors (Lipinski definition) is 1. The molecule has 1 amide bonds. The molecule has 1 N–H and O–H groups in total. The van der Waals surface area contributed by atoms with Gasteiger partial charge in [0.05, 0.1) is 12.5 Å². The van der Waals surface area contributed by atoms with Crippen molar-refractivity contribution in [1.29, 1.82) is 0 Å². The van der Waals surface area contributed by atoms with Gasteiger partial charge in [-0.2, -0.15) is 0 Å². The van der Waals surface area contributed by atoms with Gasteiger partial charge >= 0.3 is 5.97 Å². The Morgan fingerprint density at radius 1 is 1.17 bits per heavy atom.